The van der Waals surface area contributed by atoms with Crippen molar-refractivity contribution >= 4 is 60.2 Å². The first-order valence-electron chi connectivity index (χ1n) is 12.3. The number of sulfonamides is 2. The lowest BCUT2D eigenvalue weighted by Gasteiger charge is -2.29. The van der Waals surface area contributed by atoms with Crippen LogP contribution in [-0.2, 0) is 47.5 Å². The van der Waals surface area contributed by atoms with Crippen molar-refractivity contribution in [1.29, 1.82) is 0 Å². The first-order valence-corrected chi connectivity index (χ1v) is 16.6. The van der Waals surface area contributed by atoms with E-state index in [1.54, 1.807) is 48.5 Å². The Morgan fingerprint density at radius 1 is 0.875 bits per heavy atom. The lowest BCUT2D eigenvalue weighted by atomic mass is 10.1. The molecule has 1 atom stereocenters. The summed E-state index contributed by atoms with van der Waals surface area (Å²) in [5.41, 5.74) is 2.70. The average Bonchev–Trinajstić information content (AvgIpc) is 2.88. The number of amidine groups is 1. The average molecular weight is 694 g/mol. The highest BCUT2D eigenvalue weighted by Gasteiger charge is 2.41. The Morgan fingerprint density at radius 2 is 1.43 bits per heavy atom. The number of hydrogen-bond acceptors (Lipinski definition) is 8. The maximum Gasteiger partial charge on any atom is 0.304 e. The van der Waals surface area contributed by atoms with Gasteiger partial charge in [0.15, 0.2) is 5.84 Å². The van der Waals surface area contributed by atoms with E-state index in [1.165, 1.54) is 6.92 Å². The number of esters is 1. The summed E-state index contributed by atoms with van der Waals surface area (Å²) in [7, 11) is -9.12. The molecule has 0 aromatic heterocycles. The van der Waals surface area contributed by atoms with E-state index in [9.17, 15) is 21.6 Å². The van der Waals surface area contributed by atoms with Crippen molar-refractivity contribution in [2.45, 2.75) is 38.0 Å². The maximum atomic E-state index is 14.0. The van der Waals surface area contributed by atoms with Crippen molar-refractivity contribution in [3.05, 3.63) is 105 Å². The van der Waals surface area contributed by atoms with Gasteiger partial charge in [-0.1, -0.05) is 72.3 Å². The van der Waals surface area contributed by atoms with E-state index in [1.807, 2.05) is 37.3 Å². The first-order chi connectivity index (χ1) is 18.9. The summed E-state index contributed by atoms with van der Waals surface area (Å²) in [6.45, 7) is 3.00. The smallest absolute Gasteiger partial charge is 0.304 e. The number of carbonyl (C=O) groups is 1. The minimum Gasteiger partial charge on any atom is -0.438 e. The summed E-state index contributed by atoms with van der Waals surface area (Å²) in [5.74, 6) is -2.20. The maximum absolute atomic E-state index is 14.0. The summed E-state index contributed by atoms with van der Waals surface area (Å²) in [6.07, 6.45) is -1.04. The third-order valence-corrected chi connectivity index (χ3v) is 10.7. The van der Waals surface area contributed by atoms with Gasteiger partial charge in [0.1, 0.15) is 0 Å². The number of halogens is 1. The van der Waals surface area contributed by atoms with Crippen molar-refractivity contribution in [2.24, 2.45) is 9.98 Å². The van der Waals surface area contributed by atoms with Crippen molar-refractivity contribution in [3.8, 4) is 0 Å². The molecule has 0 fully saturated rings. The first kappa shape index (κ1) is 29.9. The molecule has 0 aliphatic carbocycles. The number of aryl methyl sites for hydroxylation is 1. The summed E-state index contributed by atoms with van der Waals surface area (Å²) >= 11 is 2.10. The SMILES string of the molecule is CC(=O)OC1CN=C(Cc2ccccc2)C(N(S(=O)(=O)Cc2ccc(C)cc2)S(=O)(=O)Cc2ccc(I)cc2)=N1. The Labute approximate surface area is 248 Å². The molecule has 3 aromatic carbocycles. The Morgan fingerprint density at radius 3 is 1.98 bits per heavy atom. The molecule has 1 heterocycles. The molecule has 4 rings (SSSR count). The van der Waals surface area contributed by atoms with Gasteiger partial charge in [0.25, 0.3) is 20.0 Å². The zero-order valence-electron chi connectivity index (χ0n) is 21.9. The standard InChI is InChI=1S/C28H28IN3O6S2/c1-20-8-10-23(11-9-20)18-39(34,35)32(40(36,37)19-24-12-14-25(29)15-13-24)28-26(16-22-6-4-3-5-7-22)30-17-27(31-28)38-21(2)33/h3-15,27H,16-19H2,1-2H3. The van der Waals surface area contributed by atoms with Crippen LogP contribution >= 0.6 is 22.6 Å². The molecule has 12 heteroatoms. The molecule has 1 unspecified atom stereocenters. The molecule has 0 N–H and O–H groups in total. The minimum atomic E-state index is -4.56. The minimum absolute atomic E-state index is 0.0612. The van der Waals surface area contributed by atoms with Gasteiger partial charge < -0.3 is 4.74 Å². The molecule has 3 aromatic rings. The second-order valence-electron chi connectivity index (χ2n) is 9.29. The van der Waals surface area contributed by atoms with Gasteiger partial charge in [-0.3, -0.25) is 9.79 Å². The molecule has 40 heavy (non-hydrogen) atoms. The number of aliphatic imine (C=N–C) groups is 2. The molecule has 0 spiro atoms. The molecular weight excluding hydrogens is 665 g/mol. The number of ether oxygens (including phenoxy) is 1. The fourth-order valence-electron chi connectivity index (χ4n) is 4.08. The van der Waals surface area contributed by atoms with Gasteiger partial charge in [0.05, 0.1) is 23.8 Å². The molecule has 0 saturated heterocycles. The Bertz CT molecular complexity index is 1560. The third-order valence-electron chi connectivity index (χ3n) is 5.89. The van der Waals surface area contributed by atoms with E-state index in [2.05, 4.69) is 32.6 Å². The Hall–Kier alpha value is -3.10. The van der Waals surface area contributed by atoms with Crippen molar-refractivity contribution < 1.29 is 26.4 Å². The number of nitrogens with zero attached hydrogens (tertiary/aromatic N) is 3. The van der Waals surface area contributed by atoms with Crippen molar-refractivity contribution in [3.63, 3.8) is 0 Å². The monoisotopic (exact) mass is 693 g/mol. The highest BCUT2D eigenvalue weighted by Crippen LogP contribution is 2.24. The van der Waals surface area contributed by atoms with E-state index in [-0.39, 0.29) is 24.5 Å². The summed E-state index contributed by atoms with van der Waals surface area (Å²) in [4.78, 5) is 20.5. The Kier molecular flexibility index (Phi) is 9.41. The molecule has 9 nitrogen and oxygen atoms in total. The van der Waals surface area contributed by atoms with Gasteiger partial charge in [-0.15, -0.1) is 3.71 Å². The predicted octanol–water partition coefficient (Wildman–Crippen LogP) is 4.25. The van der Waals surface area contributed by atoms with Crippen LogP contribution < -0.4 is 0 Å². The highest BCUT2D eigenvalue weighted by atomic mass is 127. The van der Waals surface area contributed by atoms with Gasteiger partial charge in [0, 0.05) is 16.9 Å². The van der Waals surface area contributed by atoms with Gasteiger partial charge in [-0.2, -0.15) is 0 Å². The van der Waals surface area contributed by atoms with Gasteiger partial charge in [0.2, 0.25) is 6.23 Å². The Balaban J connectivity index is 1.83. The molecule has 1 aliphatic rings. The molecule has 210 valence electrons. The number of rotatable bonds is 9. The van der Waals surface area contributed by atoms with Gasteiger partial charge >= 0.3 is 5.97 Å². The molecule has 0 radical (unpaired) electrons. The molecule has 0 amide bonds. The third kappa shape index (κ3) is 7.76. The van der Waals surface area contributed by atoms with Gasteiger partial charge in [-0.25, -0.2) is 21.8 Å². The molecular formula is C28H28IN3O6S2. The second-order valence-corrected chi connectivity index (χ2v) is 14.4. The van der Waals surface area contributed by atoms with Crippen LogP contribution in [0.5, 0.6) is 0 Å². The fourth-order valence-corrected chi connectivity index (χ4v) is 8.44. The van der Waals surface area contributed by atoms with Crippen LogP contribution in [0.3, 0.4) is 0 Å². The van der Waals surface area contributed by atoms with Crippen LogP contribution in [0.1, 0.15) is 29.2 Å². The van der Waals surface area contributed by atoms with Crippen LogP contribution in [0.4, 0.5) is 0 Å². The van der Waals surface area contributed by atoms with Crippen LogP contribution in [0, 0.1) is 10.5 Å². The largest absolute Gasteiger partial charge is 0.438 e. The topological polar surface area (TPSA) is 123 Å². The fraction of sp³-hybridized carbons (Fsp3) is 0.250. The van der Waals surface area contributed by atoms with Crippen molar-refractivity contribution in [2.75, 3.05) is 6.54 Å². The lowest BCUT2D eigenvalue weighted by molar-refractivity contribution is -0.145. The number of carbonyl (C=O) groups excluding carboxylic acids is 1. The highest BCUT2D eigenvalue weighted by molar-refractivity contribution is 14.1. The normalized spacial score (nSPS) is 15.6. The molecule has 1 aliphatic heterocycles. The van der Waals surface area contributed by atoms with Crippen molar-refractivity contribution in [1.82, 2.24) is 3.71 Å². The van der Waals surface area contributed by atoms with Crippen LogP contribution in [0.25, 0.3) is 0 Å². The predicted molar refractivity (Wildman–Crippen MR) is 163 cm³/mol. The van der Waals surface area contributed by atoms with E-state index in [0.717, 1.165) is 14.7 Å². The van der Waals surface area contributed by atoms with Crippen LogP contribution in [0.15, 0.2) is 88.8 Å². The number of hydrogen-bond donors (Lipinski definition) is 0. The summed E-state index contributed by atoms with van der Waals surface area (Å²) in [6, 6.07) is 22.7. The van der Waals surface area contributed by atoms with E-state index in [0.29, 0.717) is 14.8 Å². The lowest BCUT2D eigenvalue weighted by Crippen LogP contribution is -2.49. The van der Waals surface area contributed by atoms with Gasteiger partial charge in [-0.05, 0) is 58.3 Å². The van der Waals surface area contributed by atoms with E-state index in [4.69, 9.17) is 4.74 Å². The quantitative estimate of drug-likeness (QED) is 0.244. The van der Waals surface area contributed by atoms with Crippen LogP contribution in [-0.4, -0.2) is 50.8 Å². The summed E-state index contributed by atoms with van der Waals surface area (Å²) in [5, 5.41) is 0. The molecule has 0 bridgehead atoms. The van der Waals surface area contributed by atoms with Crippen LogP contribution in [0.2, 0.25) is 0 Å². The molecule has 0 saturated carbocycles. The zero-order chi connectivity index (χ0) is 28.9. The zero-order valence-corrected chi connectivity index (χ0v) is 25.7. The van der Waals surface area contributed by atoms with E-state index >= 15 is 0 Å². The van der Waals surface area contributed by atoms with E-state index < -0.39 is 43.7 Å². The number of benzene rings is 3. The summed E-state index contributed by atoms with van der Waals surface area (Å²) < 4.78 is 62.5. The second kappa shape index (κ2) is 12.6.